The largest absolute Gasteiger partial charge is 0.467 e. The number of hydrogen-bond donors (Lipinski definition) is 1. The van der Waals surface area contributed by atoms with Crippen molar-refractivity contribution in [2.75, 3.05) is 13.7 Å². The Morgan fingerprint density at radius 3 is 2.72 bits per heavy atom. The molecule has 0 saturated carbocycles. The molecule has 1 aromatic heterocycles. The van der Waals surface area contributed by atoms with Gasteiger partial charge >= 0.3 is 5.97 Å². The number of ether oxygens (including phenoxy) is 1. The van der Waals surface area contributed by atoms with Crippen LogP contribution < -0.4 is 5.32 Å². The Bertz CT molecular complexity index is 393. The molecule has 1 rings (SSSR count). The van der Waals surface area contributed by atoms with Crippen molar-refractivity contribution in [1.29, 1.82) is 0 Å². The van der Waals surface area contributed by atoms with E-state index in [1.54, 1.807) is 6.07 Å². The van der Waals surface area contributed by atoms with Crippen molar-refractivity contribution in [2.24, 2.45) is 11.3 Å². The number of esters is 1. The van der Waals surface area contributed by atoms with Gasteiger partial charge in [-0.1, -0.05) is 27.7 Å². The number of carbonyl (C=O) groups excluding carboxylic acids is 1. The van der Waals surface area contributed by atoms with E-state index in [2.05, 4.69) is 37.7 Å². The van der Waals surface area contributed by atoms with Gasteiger partial charge < -0.3 is 14.5 Å². The van der Waals surface area contributed by atoms with Gasteiger partial charge in [0.1, 0.15) is 12.0 Å². The summed E-state index contributed by atoms with van der Waals surface area (Å²) in [5.74, 6) is 0.981. The molecule has 4 nitrogen and oxygen atoms in total. The average molecular weight is 253 g/mol. The maximum atomic E-state index is 11.2. The molecule has 0 fully saturated rings. The second kappa shape index (κ2) is 6.05. The predicted octanol–water partition coefficient (Wildman–Crippen LogP) is 2.84. The van der Waals surface area contributed by atoms with E-state index >= 15 is 0 Å². The summed E-state index contributed by atoms with van der Waals surface area (Å²) in [6.45, 7) is 10.4. The van der Waals surface area contributed by atoms with Gasteiger partial charge in [0.2, 0.25) is 0 Å². The molecule has 0 aliphatic rings. The van der Waals surface area contributed by atoms with Gasteiger partial charge in [0, 0.05) is 6.54 Å². The van der Waals surface area contributed by atoms with Crippen molar-refractivity contribution >= 4 is 5.97 Å². The van der Waals surface area contributed by atoms with E-state index in [1.807, 2.05) is 0 Å². The van der Waals surface area contributed by atoms with Crippen LogP contribution in [0.1, 0.15) is 43.8 Å². The Hall–Kier alpha value is -1.29. The summed E-state index contributed by atoms with van der Waals surface area (Å²) >= 11 is 0. The molecule has 0 aromatic carbocycles. The Balaban J connectivity index is 2.45. The van der Waals surface area contributed by atoms with E-state index in [-0.39, 0.29) is 11.4 Å². The number of methoxy groups -OCH3 is 1. The highest BCUT2D eigenvalue weighted by Crippen LogP contribution is 2.24. The number of furan rings is 1. The van der Waals surface area contributed by atoms with E-state index in [1.165, 1.54) is 13.4 Å². The third-order valence-corrected chi connectivity index (χ3v) is 3.52. The average Bonchev–Trinajstić information content (AvgIpc) is 2.76. The van der Waals surface area contributed by atoms with Crippen LogP contribution in [0.5, 0.6) is 0 Å². The molecule has 0 radical (unpaired) electrons. The lowest BCUT2D eigenvalue weighted by Crippen LogP contribution is -2.33. The molecule has 0 unspecified atom stereocenters. The van der Waals surface area contributed by atoms with Gasteiger partial charge in [-0.15, -0.1) is 0 Å². The lowest BCUT2D eigenvalue weighted by Gasteiger charge is -2.29. The standard InChI is InChI=1S/C14H23NO3/c1-10(2)14(3,4)9-15-7-12-6-11(8-18-12)13(16)17-5/h6,8,10,15H,7,9H2,1-5H3. The van der Waals surface area contributed by atoms with Gasteiger partial charge in [0.15, 0.2) is 0 Å². The highest BCUT2D eigenvalue weighted by molar-refractivity contribution is 5.88. The van der Waals surface area contributed by atoms with Crippen molar-refractivity contribution in [3.63, 3.8) is 0 Å². The predicted molar refractivity (Wildman–Crippen MR) is 70.4 cm³/mol. The molecule has 18 heavy (non-hydrogen) atoms. The van der Waals surface area contributed by atoms with Crippen molar-refractivity contribution in [3.8, 4) is 0 Å². The number of nitrogens with one attached hydrogen (secondary N) is 1. The van der Waals surface area contributed by atoms with E-state index < -0.39 is 0 Å². The first-order valence-corrected chi connectivity index (χ1v) is 6.23. The summed E-state index contributed by atoms with van der Waals surface area (Å²) in [6.07, 6.45) is 1.43. The minimum absolute atomic E-state index is 0.234. The second-order valence-electron chi connectivity index (χ2n) is 5.54. The highest BCUT2D eigenvalue weighted by Gasteiger charge is 2.21. The van der Waals surface area contributed by atoms with Crippen LogP contribution in [0.3, 0.4) is 0 Å². The van der Waals surface area contributed by atoms with Crippen LogP contribution in [0.25, 0.3) is 0 Å². The van der Waals surface area contributed by atoms with E-state index in [0.29, 0.717) is 18.0 Å². The molecule has 1 aromatic rings. The first kappa shape index (κ1) is 14.8. The van der Waals surface area contributed by atoms with Gasteiger partial charge in [-0.3, -0.25) is 0 Å². The summed E-state index contributed by atoms with van der Waals surface area (Å²) < 4.78 is 9.92. The highest BCUT2D eigenvalue weighted by atomic mass is 16.5. The van der Waals surface area contributed by atoms with Gasteiger partial charge in [-0.2, -0.15) is 0 Å². The molecule has 0 amide bonds. The van der Waals surface area contributed by atoms with E-state index in [9.17, 15) is 4.79 Å². The molecule has 1 heterocycles. The normalized spacial score (nSPS) is 11.9. The fourth-order valence-corrected chi connectivity index (χ4v) is 1.41. The van der Waals surface area contributed by atoms with Gasteiger partial charge in [0.25, 0.3) is 0 Å². The summed E-state index contributed by atoms with van der Waals surface area (Å²) in [7, 11) is 1.36. The molecule has 0 aliphatic carbocycles. The maximum Gasteiger partial charge on any atom is 0.341 e. The van der Waals surface area contributed by atoms with Crippen LogP contribution in [0.2, 0.25) is 0 Å². The Labute approximate surface area is 109 Å². The minimum atomic E-state index is -0.368. The van der Waals surface area contributed by atoms with Crippen LogP contribution in [0.15, 0.2) is 16.7 Å². The molecular formula is C14H23NO3. The van der Waals surface area contributed by atoms with Crippen LogP contribution >= 0.6 is 0 Å². The molecule has 0 saturated heterocycles. The van der Waals surface area contributed by atoms with Gasteiger partial charge in [0.05, 0.1) is 19.2 Å². The maximum absolute atomic E-state index is 11.2. The first-order valence-electron chi connectivity index (χ1n) is 6.23. The van der Waals surface area contributed by atoms with Crippen molar-refractivity contribution in [2.45, 2.75) is 34.2 Å². The van der Waals surface area contributed by atoms with Crippen molar-refractivity contribution in [1.82, 2.24) is 5.32 Å². The second-order valence-corrected chi connectivity index (χ2v) is 5.54. The van der Waals surface area contributed by atoms with Crippen molar-refractivity contribution in [3.05, 3.63) is 23.7 Å². The monoisotopic (exact) mass is 253 g/mol. The number of hydrogen-bond acceptors (Lipinski definition) is 4. The lowest BCUT2D eigenvalue weighted by molar-refractivity contribution is 0.0600. The molecule has 0 bridgehead atoms. The summed E-state index contributed by atoms with van der Waals surface area (Å²) in [4.78, 5) is 11.2. The topological polar surface area (TPSA) is 51.5 Å². The minimum Gasteiger partial charge on any atom is -0.467 e. The molecular weight excluding hydrogens is 230 g/mol. The first-order chi connectivity index (χ1) is 8.36. The SMILES string of the molecule is COC(=O)c1coc(CNCC(C)(C)C(C)C)c1. The molecule has 0 aliphatic heterocycles. The zero-order valence-corrected chi connectivity index (χ0v) is 11.9. The molecule has 0 spiro atoms. The lowest BCUT2D eigenvalue weighted by atomic mass is 9.81. The van der Waals surface area contributed by atoms with Crippen molar-refractivity contribution < 1.29 is 13.9 Å². The fourth-order valence-electron chi connectivity index (χ4n) is 1.41. The molecule has 4 heteroatoms. The third kappa shape index (κ3) is 3.88. The third-order valence-electron chi connectivity index (χ3n) is 3.52. The summed E-state index contributed by atoms with van der Waals surface area (Å²) in [5, 5.41) is 3.35. The van der Waals surface area contributed by atoms with E-state index in [0.717, 1.165) is 12.3 Å². The number of rotatable bonds is 6. The van der Waals surface area contributed by atoms with Crippen LogP contribution in [-0.2, 0) is 11.3 Å². The Kier molecular flexibility index (Phi) is 4.96. The zero-order valence-electron chi connectivity index (χ0n) is 11.9. The molecule has 1 N–H and O–H groups in total. The zero-order chi connectivity index (χ0) is 13.8. The molecule has 0 atom stereocenters. The van der Waals surface area contributed by atoms with Crippen LogP contribution in [0, 0.1) is 11.3 Å². The molecule has 102 valence electrons. The van der Waals surface area contributed by atoms with Crippen LogP contribution in [0.4, 0.5) is 0 Å². The van der Waals surface area contributed by atoms with Gasteiger partial charge in [-0.25, -0.2) is 4.79 Å². The number of carbonyl (C=O) groups is 1. The Morgan fingerprint density at radius 2 is 2.17 bits per heavy atom. The summed E-state index contributed by atoms with van der Waals surface area (Å²) in [5.41, 5.74) is 0.690. The quantitative estimate of drug-likeness (QED) is 0.792. The summed E-state index contributed by atoms with van der Waals surface area (Å²) in [6, 6.07) is 1.71. The van der Waals surface area contributed by atoms with Gasteiger partial charge in [-0.05, 0) is 17.4 Å². The Morgan fingerprint density at radius 1 is 1.50 bits per heavy atom. The van der Waals surface area contributed by atoms with Crippen LogP contribution in [-0.4, -0.2) is 19.6 Å². The smallest absolute Gasteiger partial charge is 0.341 e. The van der Waals surface area contributed by atoms with E-state index in [4.69, 9.17) is 4.42 Å². The fraction of sp³-hybridized carbons (Fsp3) is 0.643.